The van der Waals surface area contributed by atoms with Crippen molar-refractivity contribution in [2.24, 2.45) is 0 Å². The number of benzene rings is 2. The summed E-state index contributed by atoms with van der Waals surface area (Å²) in [4.78, 5) is 15.6. The van der Waals surface area contributed by atoms with Gasteiger partial charge in [-0.2, -0.15) is 0 Å². The molecular weight excluding hydrogens is 406 g/mol. The lowest BCUT2D eigenvalue weighted by molar-refractivity contribution is 0.515. The van der Waals surface area contributed by atoms with Crippen molar-refractivity contribution in [3.8, 4) is 0 Å². The minimum Gasteiger partial charge on any atom is -0.368 e. The molecule has 0 aliphatic heterocycles. The first-order valence-corrected chi connectivity index (χ1v) is 10.2. The molecule has 30 heavy (non-hydrogen) atoms. The van der Waals surface area contributed by atoms with Crippen LogP contribution in [0.4, 0.5) is 26.2 Å². The summed E-state index contributed by atoms with van der Waals surface area (Å²) in [5.74, 6) is -0.669. The molecule has 0 spiro atoms. The van der Waals surface area contributed by atoms with Gasteiger partial charge in [0.2, 0.25) is 5.95 Å². The Kier molecular flexibility index (Phi) is 4.72. The van der Waals surface area contributed by atoms with Crippen LogP contribution in [0.15, 0.2) is 54.2 Å². The van der Waals surface area contributed by atoms with E-state index in [9.17, 15) is 8.78 Å². The van der Waals surface area contributed by atoms with Gasteiger partial charge in [-0.1, -0.05) is 12.1 Å². The Morgan fingerprint density at radius 3 is 2.73 bits per heavy atom. The molecule has 0 unspecified atom stereocenters. The number of rotatable bonds is 6. The number of fused-ring (bicyclic) bond motifs is 2. The van der Waals surface area contributed by atoms with Crippen molar-refractivity contribution < 1.29 is 8.78 Å². The van der Waals surface area contributed by atoms with Gasteiger partial charge in [-0.25, -0.2) is 23.7 Å². The average Bonchev–Trinajstić information content (AvgIpc) is 3.40. The molecule has 0 saturated carbocycles. The number of hydrogen-bond acceptors (Lipinski definition) is 6. The number of anilines is 3. The quantitative estimate of drug-likeness (QED) is 0.349. The summed E-state index contributed by atoms with van der Waals surface area (Å²) in [6.07, 6.45) is 2.39. The van der Waals surface area contributed by atoms with E-state index in [4.69, 9.17) is 0 Å². The van der Waals surface area contributed by atoms with E-state index in [1.54, 1.807) is 17.7 Å². The lowest BCUT2D eigenvalue weighted by Crippen LogP contribution is -2.06. The van der Waals surface area contributed by atoms with Crippen LogP contribution in [0.5, 0.6) is 0 Å². The van der Waals surface area contributed by atoms with Crippen LogP contribution in [0, 0.1) is 11.6 Å². The lowest BCUT2D eigenvalue weighted by atomic mass is 10.1. The van der Waals surface area contributed by atoms with Crippen LogP contribution in [-0.4, -0.2) is 26.5 Å². The van der Waals surface area contributed by atoms with Gasteiger partial charge in [0.15, 0.2) is 11.6 Å². The molecule has 2 aromatic carbocycles. The molecular formula is C21H16F2N6S. The van der Waals surface area contributed by atoms with Crippen molar-refractivity contribution >= 4 is 50.0 Å². The van der Waals surface area contributed by atoms with E-state index in [-0.39, 0.29) is 5.52 Å². The SMILES string of the molecule is Fc1ccc2[nH]c(Nc3ccc(CCNc4ncnc5ccsc45)cc3)nc2c1F. The third-order valence-corrected chi connectivity index (χ3v) is 5.62. The van der Waals surface area contributed by atoms with E-state index in [0.717, 1.165) is 46.3 Å². The maximum absolute atomic E-state index is 13.8. The molecule has 5 rings (SSSR count). The summed E-state index contributed by atoms with van der Waals surface area (Å²) in [5.41, 5.74) is 3.31. The number of nitrogens with zero attached hydrogens (tertiary/aromatic N) is 3. The van der Waals surface area contributed by atoms with E-state index in [1.807, 2.05) is 35.7 Å². The van der Waals surface area contributed by atoms with E-state index in [0.29, 0.717) is 11.5 Å². The smallest absolute Gasteiger partial charge is 0.205 e. The second kappa shape index (κ2) is 7.68. The molecule has 6 nitrogen and oxygen atoms in total. The molecule has 3 N–H and O–H groups in total. The number of imidazole rings is 1. The van der Waals surface area contributed by atoms with Gasteiger partial charge in [0, 0.05) is 12.2 Å². The van der Waals surface area contributed by atoms with Crippen molar-refractivity contribution in [3.05, 3.63) is 71.4 Å². The first-order chi connectivity index (χ1) is 14.7. The van der Waals surface area contributed by atoms with Crippen molar-refractivity contribution in [2.75, 3.05) is 17.2 Å². The molecule has 0 saturated heterocycles. The van der Waals surface area contributed by atoms with Gasteiger partial charge in [-0.3, -0.25) is 0 Å². The normalized spacial score (nSPS) is 11.3. The highest BCUT2D eigenvalue weighted by atomic mass is 32.1. The first kappa shape index (κ1) is 18.4. The maximum Gasteiger partial charge on any atom is 0.205 e. The number of thiophene rings is 1. The molecule has 150 valence electrons. The Bertz CT molecular complexity index is 1330. The Balaban J connectivity index is 1.22. The molecule has 0 aliphatic carbocycles. The second-order valence-corrected chi connectivity index (χ2v) is 7.62. The van der Waals surface area contributed by atoms with Crippen molar-refractivity contribution in [2.45, 2.75) is 6.42 Å². The van der Waals surface area contributed by atoms with Crippen molar-refractivity contribution in [1.29, 1.82) is 0 Å². The number of hydrogen-bond donors (Lipinski definition) is 3. The van der Waals surface area contributed by atoms with Gasteiger partial charge < -0.3 is 15.6 Å². The van der Waals surface area contributed by atoms with Gasteiger partial charge in [0.05, 0.1) is 15.7 Å². The van der Waals surface area contributed by atoms with Crippen LogP contribution in [0.2, 0.25) is 0 Å². The lowest BCUT2D eigenvalue weighted by Gasteiger charge is -2.07. The molecule has 0 radical (unpaired) electrons. The molecule has 0 amide bonds. The molecule has 3 aromatic heterocycles. The van der Waals surface area contributed by atoms with E-state index >= 15 is 0 Å². The fraction of sp³-hybridized carbons (Fsp3) is 0.0952. The van der Waals surface area contributed by atoms with Gasteiger partial charge in [-0.05, 0) is 47.7 Å². The largest absolute Gasteiger partial charge is 0.368 e. The van der Waals surface area contributed by atoms with Crippen molar-refractivity contribution in [3.63, 3.8) is 0 Å². The van der Waals surface area contributed by atoms with E-state index in [2.05, 4.69) is 30.6 Å². The van der Waals surface area contributed by atoms with Gasteiger partial charge in [0.25, 0.3) is 0 Å². The molecule has 0 fully saturated rings. The highest BCUT2D eigenvalue weighted by molar-refractivity contribution is 7.17. The zero-order chi connectivity index (χ0) is 20.5. The monoisotopic (exact) mass is 422 g/mol. The Labute approximate surface area is 174 Å². The predicted octanol–water partition coefficient (Wildman–Crippen LogP) is 5.24. The minimum atomic E-state index is -0.955. The van der Waals surface area contributed by atoms with Gasteiger partial charge in [-0.15, -0.1) is 11.3 Å². The topological polar surface area (TPSA) is 78.5 Å². The minimum absolute atomic E-state index is 0.0234. The molecule has 3 heterocycles. The number of halogens is 2. The zero-order valence-corrected chi connectivity index (χ0v) is 16.4. The van der Waals surface area contributed by atoms with E-state index < -0.39 is 11.6 Å². The first-order valence-electron chi connectivity index (χ1n) is 9.29. The zero-order valence-electron chi connectivity index (χ0n) is 15.6. The van der Waals surface area contributed by atoms with Crippen LogP contribution in [0.1, 0.15) is 5.56 Å². The molecule has 0 aliphatic rings. The molecule has 0 bridgehead atoms. The standard InChI is InChI=1S/C21H16F2N6S/c22-14-5-6-15-18(17(14)23)29-21(28-15)27-13-3-1-12(2-4-13)7-9-24-20-19-16(8-10-30-19)25-11-26-20/h1-6,8,10-11H,7,9H2,(H,24,25,26)(H2,27,28,29). The highest BCUT2D eigenvalue weighted by Crippen LogP contribution is 2.25. The third-order valence-electron chi connectivity index (χ3n) is 4.71. The highest BCUT2D eigenvalue weighted by Gasteiger charge is 2.12. The van der Waals surface area contributed by atoms with Crippen LogP contribution < -0.4 is 10.6 Å². The number of aromatic amines is 1. The summed E-state index contributed by atoms with van der Waals surface area (Å²) < 4.78 is 28.2. The van der Waals surface area contributed by atoms with Gasteiger partial charge in [0.1, 0.15) is 17.7 Å². The number of nitrogens with one attached hydrogen (secondary N) is 3. The summed E-state index contributed by atoms with van der Waals surface area (Å²) in [7, 11) is 0. The molecule has 9 heteroatoms. The van der Waals surface area contributed by atoms with Crippen LogP contribution in [-0.2, 0) is 6.42 Å². The summed E-state index contributed by atoms with van der Waals surface area (Å²) in [6, 6.07) is 12.4. The average molecular weight is 422 g/mol. The summed E-state index contributed by atoms with van der Waals surface area (Å²) in [5, 5.41) is 8.45. The molecule has 5 aromatic rings. The van der Waals surface area contributed by atoms with Crippen molar-refractivity contribution in [1.82, 2.24) is 19.9 Å². The van der Waals surface area contributed by atoms with Gasteiger partial charge >= 0.3 is 0 Å². The van der Waals surface area contributed by atoms with Crippen LogP contribution in [0.3, 0.4) is 0 Å². The predicted molar refractivity (Wildman–Crippen MR) is 115 cm³/mol. The third kappa shape index (κ3) is 3.55. The second-order valence-electron chi connectivity index (χ2n) is 6.70. The Morgan fingerprint density at radius 1 is 1.00 bits per heavy atom. The van der Waals surface area contributed by atoms with E-state index in [1.165, 1.54) is 6.07 Å². The maximum atomic E-state index is 13.8. The molecule has 0 atom stereocenters. The summed E-state index contributed by atoms with van der Waals surface area (Å²) in [6.45, 7) is 0.741. The Hall–Kier alpha value is -3.59. The number of H-pyrrole nitrogens is 1. The van der Waals surface area contributed by atoms with Crippen LogP contribution >= 0.6 is 11.3 Å². The fourth-order valence-electron chi connectivity index (χ4n) is 3.21. The number of aromatic nitrogens is 4. The summed E-state index contributed by atoms with van der Waals surface area (Å²) >= 11 is 1.62. The Morgan fingerprint density at radius 2 is 1.87 bits per heavy atom. The van der Waals surface area contributed by atoms with Crippen LogP contribution in [0.25, 0.3) is 21.3 Å². The fourth-order valence-corrected chi connectivity index (χ4v) is 4.02.